The van der Waals surface area contributed by atoms with Crippen LogP contribution in [-0.4, -0.2) is 24.5 Å². The summed E-state index contributed by atoms with van der Waals surface area (Å²) in [6.07, 6.45) is 4.53. The Labute approximate surface area is 103 Å². The van der Waals surface area contributed by atoms with Crippen LogP contribution in [0.15, 0.2) is 29.7 Å². The molecule has 0 amide bonds. The van der Waals surface area contributed by atoms with Crippen LogP contribution < -0.4 is 0 Å². The molecule has 1 aromatic heterocycles. The molecule has 2 rings (SSSR count). The highest BCUT2D eigenvalue weighted by Crippen LogP contribution is 2.23. The van der Waals surface area contributed by atoms with E-state index in [2.05, 4.69) is 29.8 Å². The second-order valence-corrected chi connectivity index (χ2v) is 10.3. The molecule has 1 aliphatic rings. The van der Waals surface area contributed by atoms with E-state index in [1.54, 1.807) is 12.4 Å². The number of aromatic nitrogens is 1. The number of oxime groups is 1. The van der Waals surface area contributed by atoms with Crippen molar-refractivity contribution in [2.75, 3.05) is 0 Å². The summed E-state index contributed by atoms with van der Waals surface area (Å²) in [7, 11) is -1.25. The Bertz CT molecular complexity index is 375. The summed E-state index contributed by atoms with van der Waals surface area (Å²) < 4.78 is 0. The Morgan fingerprint density at radius 2 is 1.88 bits per heavy atom. The van der Waals surface area contributed by atoms with Crippen LogP contribution in [-0.2, 0) is 4.84 Å². The van der Waals surface area contributed by atoms with Crippen molar-refractivity contribution in [2.24, 2.45) is 5.16 Å². The van der Waals surface area contributed by atoms with E-state index in [0.29, 0.717) is 5.73 Å². The van der Waals surface area contributed by atoms with Crippen molar-refractivity contribution in [3.05, 3.63) is 30.1 Å². The lowest BCUT2D eigenvalue weighted by molar-refractivity contribution is 0.135. The predicted molar refractivity (Wildman–Crippen MR) is 70.9 cm³/mol. The fourth-order valence-corrected chi connectivity index (χ4v) is 2.73. The zero-order valence-corrected chi connectivity index (χ0v) is 11.6. The quantitative estimate of drug-likeness (QED) is 0.763. The number of halogens is 1. The fraction of sp³-hybridized carbons (Fsp3) is 0.455. The third-order valence-electron chi connectivity index (χ3n) is 2.65. The molecule has 5 heteroatoms. The average Bonchev–Trinajstić information content (AvgIpc) is 2.67. The number of hydrogen-bond acceptors (Lipinski definition) is 3. The SMILES string of the molecule is C[Si](C)(C)C1CC(c2ccncc2)=NO1.Cl. The van der Waals surface area contributed by atoms with Gasteiger partial charge in [-0.2, -0.15) is 0 Å². The molecule has 0 saturated carbocycles. The maximum absolute atomic E-state index is 5.51. The van der Waals surface area contributed by atoms with Crippen molar-refractivity contribution >= 4 is 26.2 Å². The van der Waals surface area contributed by atoms with Gasteiger partial charge in [0.25, 0.3) is 0 Å². The van der Waals surface area contributed by atoms with Crippen molar-refractivity contribution in [1.29, 1.82) is 0 Å². The van der Waals surface area contributed by atoms with Crippen LogP contribution in [0.5, 0.6) is 0 Å². The summed E-state index contributed by atoms with van der Waals surface area (Å²) in [6.45, 7) is 6.92. The van der Waals surface area contributed by atoms with Crippen LogP contribution in [0.1, 0.15) is 12.0 Å². The van der Waals surface area contributed by atoms with Crippen molar-refractivity contribution in [3.8, 4) is 0 Å². The molecule has 1 aliphatic heterocycles. The molecule has 88 valence electrons. The average molecular weight is 257 g/mol. The molecule has 0 aliphatic carbocycles. The van der Waals surface area contributed by atoms with E-state index < -0.39 is 8.07 Å². The van der Waals surface area contributed by atoms with Gasteiger partial charge in [-0.3, -0.25) is 4.98 Å². The molecule has 1 aromatic rings. The Hall–Kier alpha value is -0.873. The molecule has 2 heterocycles. The minimum Gasteiger partial charge on any atom is -0.396 e. The van der Waals surface area contributed by atoms with Crippen LogP contribution >= 0.6 is 12.4 Å². The third-order valence-corrected chi connectivity index (χ3v) is 4.89. The minimum atomic E-state index is -1.25. The molecule has 3 nitrogen and oxygen atoms in total. The maximum Gasteiger partial charge on any atom is 0.120 e. The molecule has 0 fully saturated rings. The first-order chi connectivity index (χ1) is 7.07. The largest absolute Gasteiger partial charge is 0.396 e. The Balaban J connectivity index is 0.00000128. The lowest BCUT2D eigenvalue weighted by Gasteiger charge is -2.21. The van der Waals surface area contributed by atoms with E-state index in [4.69, 9.17) is 4.84 Å². The summed E-state index contributed by atoms with van der Waals surface area (Å²) in [6, 6.07) is 3.96. The van der Waals surface area contributed by atoms with E-state index in [1.807, 2.05) is 12.1 Å². The number of rotatable bonds is 2. The van der Waals surface area contributed by atoms with E-state index in [1.165, 1.54) is 0 Å². The van der Waals surface area contributed by atoms with Gasteiger partial charge in [0.2, 0.25) is 0 Å². The first-order valence-corrected chi connectivity index (χ1v) is 8.78. The second-order valence-electron chi connectivity index (χ2n) is 4.94. The van der Waals surface area contributed by atoms with Gasteiger partial charge in [-0.25, -0.2) is 0 Å². The van der Waals surface area contributed by atoms with Gasteiger partial charge in [0.1, 0.15) is 5.73 Å². The van der Waals surface area contributed by atoms with Gasteiger partial charge in [0, 0.05) is 24.4 Å². The highest BCUT2D eigenvalue weighted by atomic mass is 35.5. The van der Waals surface area contributed by atoms with E-state index in [9.17, 15) is 0 Å². The molecule has 0 aromatic carbocycles. The Morgan fingerprint density at radius 1 is 1.25 bits per heavy atom. The minimum absolute atomic E-state index is 0. The van der Waals surface area contributed by atoms with Gasteiger partial charge < -0.3 is 4.84 Å². The fourth-order valence-electron chi connectivity index (χ4n) is 1.56. The highest BCUT2D eigenvalue weighted by molar-refractivity contribution is 6.77. The van der Waals surface area contributed by atoms with E-state index in [-0.39, 0.29) is 12.4 Å². The van der Waals surface area contributed by atoms with Crippen LogP contribution in [0.25, 0.3) is 0 Å². The molecule has 0 N–H and O–H groups in total. The molecule has 0 bridgehead atoms. The second kappa shape index (κ2) is 4.97. The van der Waals surface area contributed by atoms with Gasteiger partial charge in [-0.15, -0.1) is 12.4 Å². The summed E-state index contributed by atoms with van der Waals surface area (Å²) in [5.41, 5.74) is 2.51. The molecule has 0 radical (unpaired) electrons. The number of nitrogens with zero attached hydrogens (tertiary/aromatic N) is 2. The van der Waals surface area contributed by atoms with Crippen molar-refractivity contribution in [3.63, 3.8) is 0 Å². The van der Waals surface area contributed by atoms with Crippen molar-refractivity contribution in [2.45, 2.75) is 31.8 Å². The van der Waals surface area contributed by atoms with Gasteiger partial charge >= 0.3 is 0 Å². The molecular weight excluding hydrogens is 240 g/mol. The van der Waals surface area contributed by atoms with Crippen molar-refractivity contribution < 1.29 is 4.84 Å². The molecule has 16 heavy (non-hydrogen) atoms. The summed E-state index contributed by atoms with van der Waals surface area (Å²) >= 11 is 0. The lowest BCUT2D eigenvalue weighted by Crippen LogP contribution is -2.38. The first-order valence-electron chi connectivity index (χ1n) is 5.20. The highest BCUT2D eigenvalue weighted by Gasteiger charge is 2.34. The normalized spacial score (nSPS) is 19.7. The Morgan fingerprint density at radius 3 is 2.38 bits per heavy atom. The van der Waals surface area contributed by atoms with Gasteiger partial charge in [0.05, 0.1) is 13.8 Å². The van der Waals surface area contributed by atoms with Crippen molar-refractivity contribution in [1.82, 2.24) is 4.98 Å². The predicted octanol–water partition coefficient (Wildman–Crippen LogP) is 2.87. The smallest absolute Gasteiger partial charge is 0.120 e. The molecule has 0 saturated heterocycles. The summed E-state index contributed by atoms with van der Waals surface area (Å²) in [4.78, 5) is 9.51. The zero-order chi connectivity index (χ0) is 10.9. The summed E-state index contributed by atoms with van der Waals surface area (Å²) in [5, 5.41) is 4.18. The van der Waals surface area contributed by atoms with Crippen LogP contribution in [0, 0.1) is 0 Å². The molecule has 1 unspecified atom stereocenters. The third kappa shape index (κ3) is 2.83. The Kier molecular flexibility index (Phi) is 4.10. The summed E-state index contributed by atoms with van der Waals surface area (Å²) in [5.74, 6) is 0. The number of pyridine rings is 1. The first kappa shape index (κ1) is 13.2. The van der Waals surface area contributed by atoms with Gasteiger partial charge in [0.15, 0.2) is 0 Å². The topological polar surface area (TPSA) is 34.5 Å². The molecule has 0 spiro atoms. The van der Waals surface area contributed by atoms with Crippen LogP contribution in [0.4, 0.5) is 0 Å². The number of hydrogen-bond donors (Lipinski definition) is 0. The van der Waals surface area contributed by atoms with E-state index >= 15 is 0 Å². The molecular formula is C11H17ClN2OSi. The molecule has 1 atom stereocenters. The van der Waals surface area contributed by atoms with Crippen LogP contribution in [0.3, 0.4) is 0 Å². The van der Waals surface area contributed by atoms with Crippen LogP contribution in [0.2, 0.25) is 19.6 Å². The zero-order valence-electron chi connectivity index (χ0n) is 9.80. The standard InChI is InChI=1S/C11H16N2OSi.ClH/c1-15(2,3)11-8-10(13-14-11)9-4-6-12-7-5-9;/h4-7,11H,8H2,1-3H3;1H. The van der Waals surface area contributed by atoms with Gasteiger partial charge in [-0.05, 0) is 12.1 Å². The van der Waals surface area contributed by atoms with Gasteiger partial charge in [-0.1, -0.05) is 24.8 Å². The monoisotopic (exact) mass is 256 g/mol. The van der Waals surface area contributed by atoms with E-state index in [0.717, 1.165) is 17.7 Å². The lowest BCUT2D eigenvalue weighted by atomic mass is 10.1. The maximum atomic E-state index is 5.51.